The standard InChI is InChI=1S/C30H18N8.2H2O/c1-5-13-31-19(9-1)27-28(20-10-2-6-14-32-20)36-24-18-26-25(17-23(24)35-27)37-29(21-11-3-7-15-33-21)30(38-26)22-12-4-8-16-34-22;;/h1-18H;2*1H2. The fourth-order valence-corrected chi connectivity index (χ4v) is 4.33. The van der Waals surface area contributed by atoms with Crippen molar-refractivity contribution in [2.75, 3.05) is 0 Å². The van der Waals surface area contributed by atoms with Crippen molar-refractivity contribution < 1.29 is 11.0 Å². The molecule has 6 aromatic heterocycles. The zero-order chi connectivity index (χ0) is 25.3. The van der Waals surface area contributed by atoms with Crippen molar-refractivity contribution in [3.05, 3.63) is 110 Å². The molecular weight excluding hydrogens is 504 g/mol. The molecule has 40 heavy (non-hydrogen) atoms. The maximum Gasteiger partial charge on any atom is 0.117 e. The van der Waals surface area contributed by atoms with Gasteiger partial charge in [0, 0.05) is 24.8 Å². The van der Waals surface area contributed by atoms with Crippen LogP contribution in [-0.4, -0.2) is 50.8 Å². The van der Waals surface area contributed by atoms with E-state index in [1.807, 2.05) is 84.9 Å². The Morgan fingerprint density at radius 1 is 0.325 bits per heavy atom. The first kappa shape index (κ1) is 26.0. The Bertz CT molecular complexity index is 1630. The Hall–Kier alpha value is -5.58. The van der Waals surface area contributed by atoms with E-state index in [4.69, 9.17) is 19.9 Å². The summed E-state index contributed by atoms with van der Waals surface area (Å²) in [6.07, 6.45) is 6.97. The van der Waals surface area contributed by atoms with Gasteiger partial charge in [0.25, 0.3) is 0 Å². The van der Waals surface area contributed by atoms with Gasteiger partial charge in [-0.1, -0.05) is 24.3 Å². The fourth-order valence-electron chi connectivity index (χ4n) is 4.33. The third kappa shape index (κ3) is 4.71. The fraction of sp³-hybridized carbons (Fsp3) is 0. The first-order valence-electron chi connectivity index (χ1n) is 12.0. The van der Waals surface area contributed by atoms with Crippen molar-refractivity contribution in [2.45, 2.75) is 0 Å². The number of pyridine rings is 4. The van der Waals surface area contributed by atoms with E-state index in [0.717, 1.165) is 0 Å². The minimum Gasteiger partial charge on any atom is -0.412 e. The zero-order valence-corrected chi connectivity index (χ0v) is 21.0. The molecule has 6 heterocycles. The largest absolute Gasteiger partial charge is 0.412 e. The Balaban J connectivity index is 0.00000161. The molecule has 0 spiro atoms. The van der Waals surface area contributed by atoms with Crippen LogP contribution in [0.25, 0.3) is 67.6 Å². The lowest BCUT2D eigenvalue weighted by atomic mass is 10.1. The maximum absolute atomic E-state index is 4.99. The number of nitrogens with zero attached hydrogens (tertiary/aromatic N) is 8. The second-order valence-electron chi connectivity index (χ2n) is 8.53. The minimum absolute atomic E-state index is 0. The van der Waals surface area contributed by atoms with Crippen LogP contribution in [-0.2, 0) is 0 Å². The van der Waals surface area contributed by atoms with Crippen LogP contribution in [0.3, 0.4) is 0 Å². The van der Waals surface area contributed by atoms with Gasteiger partial charge in [0.15, 0.2) is 0 Å². The summed E-state index contributed by atoms with van der Waals surface area (Å²) in [6.45, 7) is 0. The SMILES string of the molecule is O.O.c1ccc(-c2nc3cc4nc(-c5ccccn5)c(-c5ccccn5)nc4cc3nc2-c2ccccn2)nc1. The molecule has 10 heteroatoms. The second kappa shape index (κ2) is 11.0. The first-order valence-corrected chi connectivity index (χ1v) is 12.0. The molecule has 10 nitrogen and oxygen atoms in total. The molecule has 0 unspecified atom stereocenters. The van der Waals surface area contributed by atoms with Crippen molar-refractivity contribution in [2.24, 2.45) is 0 Å². The average Bonchev–Trinajstić information content (AvgIpc) is 3.00. The summed E-state index contributed by atoms with van der Waals surface area (Å²) >= 11 is 0. The van der Waals surface area contributed by atoms with E-state index in [-0.39, 0.29) is 11.0 Å². The lowest BCUT2D eigenvalue weighted by Crippen LogP contribution is -2.01. The van der Waals surface area contributed by atoms with Crippen LogP contribution in [0, 0.1) is 0 Å². The molecule has 7 aromatic rings. The summed E-state index contributed by atoms with van der Waals surface area (Å²) in [6, 6.07) is 26.7. The Morgan fingerprint density at radius 3 is 0.775 bits per heavy atom. The highest BCUT2D eigenvalue weighted by Crippen LogP contribution is 2.32. The van der Waals surface area contributed by atoms with Crippen molar-refractivity contribution >= 4 is 22.1 Å². The van der Waals surface area contributed by atoms with Crippen LogP contribution in [0.15, 0.2) is 110 Å². The molecule has 7 rings (SSSR count). The van der Waals surface area contributed by atoms with E-state index >= 15 is 0 Å². The molecule has 0 aliphatic carbocycles. The molecule has 0 atom stereocenters. The van der Waals surface area contributed by atoms with Gasteiger partial charge in [-0.25, -0.2) is 19.9 Å². The third-order valence-corrected chi connectivity index (χ3v) is 6.08. The molecule has 0 aliphatic rings. The second-order valence-corrected chi connectivity index (χ2v) is 8.53. The number of benzene rings is 1. The number of hydrogen-bond donors (Lipinski definition) is 0. The smallest absolute Gasteiger partial charge is 0.117 e. The molecule has 4 N–H and O–H groups in total. The summed E-state index contributed by atoms with van der Waals surface area (Å²) < 4.78 is 0. The Labute approximate surface area is 228 Å². The summed E-state index contributed by atoms with van der Waals surface area (Å²) in [5.41, 5.74) is 8.21. The highest BCUT2D eigenvalue weighted by atomic mass is 16.0. The van der Waals surface area contributed by atoms with Crippen LogP contribution >= 0.6 is 0 Å². The maximum atomic E-state index is 4.99. The topological polar surface area (TPSA) is 166 Å². The van der Waals surface area contributed by atoms with Gasteiger partial charge in [-0.05, 0) is 60.7 Å². The zero-order valence-electron chi connectivity index (χ0n) is 21.0. The highest BCUT2D eigenvalue weighted by molar-refractivity contribution is 5.95. The monoisotopic (exact) mass is 526 g/mol. The number of fused-ring (bicyclic) bond motifs is 2. The quantitative estimate of drug-likeness (QED) is 0.308. The van der Waals surface area contributed by atoms with Gasteiger partial charge in [0.2, 0.25) is 0 Å². The first-order chi connectivity index (χ1) is 18.8. The van der Waals surface area contributed by atoms with E-state index in [1.165, 1.54) is 0 Å². The van der Waals surface area contributed by atoms with E-state index < -0.39 is 0 Å². The summed E-state index contributed by atoms with van der Waals surface area (Å²) in [7, 11) is 0. The van der Waals surface area contributed by atoms with Gasteiger partial charge >= 0.3 is 0 Å². The van der Waals surface area contributed by atoms with Crippen LogP contribution < -0.4 is 0 Å². The van der Waals surface area contributed by atoms with Gasteiger partial charge in [-0.15, -0.1) is 0 Å². The molecule has 0 radical (unpaired) electrons. The molecule has 194 valence electrons. The van der Waals surface area contributed by atoms with Crippen molar-refractivity contribution in [3.8, 4) is 45.6 Å². The molecule has 0 saturated carbocycles. The van der Waals surface area contributed by atoms with Crippen molar-refractivity contribution in [1.29, 1.82) is 0 Å². The van der Waals surface area contributed by atoms with Crippen LogP contribution in [0.4, 0.5) is 0 Å². The van der Waals surface area contributed by atoms with Gasteiger partial charge < -0.3 is 11.0 Å². The molecule has 0 saturated heterocycles. The van der Waals surface area contributed by atoms with Gasteiger partial charge in [-0.3, -0.25) is 19.9 Å². The molecule has 0 aliphatic heterocycles. The summed E-state index contributed by atoms with van der Waals surface area (Å²) in [4.78, 5) is 38.1. The van der Waals surface area contributed by atoms with E-state index in [0.29, 0.717) is 67.6 Å². The van der Waals surface area contributed by atoms with Crippen LogP contribution in [0.5, 0.6) is 0 Å². The lowest BCUT2D eigenvalue weighted by molar-refractivity contribution is 0.823. The molecule has 1 aromatic carbocycles. The molecule has 0 amide bonds. The Kier molecular flexibility index (Phi) is 7.18. The molecular formula is C30H22N8O2. The van der Waals surface area contributed by atoms with Crippen molar-refractivity contribution in [1.82, 2.24) is 39.9 Å². The van der Waals surface area contributed by atoms with Gasteiger partial charge in [0.05, 0.1) is 44.8 Å². The van der Waals surface area contributed by atoms with Gasteiger partial charge in [0.1, 0.15) is 22.8 Å². The lowest BCUT2D eigenvalue weighted by Gasteiger charge is -2.12. The number of hydrogen-bond acceptors (Lipinski definition) is 8. The highest BCUT2D eigenvalue weighted by Gasteiger charge is 2.19. The Morgan fingerprint density at radius 2 is 0.575 bits per heavy atom. The van der Waals surface area contributed by atoms with Gasteiger partial charge in [-0.2, -0.15) is 0 Å². The van der Waals surface area contributed by atoms with E-state index in [2.05, 4.69) is 19.9 Å². The van der Waals surface area contributed by atoms with Crippen LogP contribution in [0.1, 0.15) is 0 Å². The predicted molar refractivity (Wildman–Crippen MR) is 153 cm³/mol. The normalized spacial score (nSPS) is 10.6. The predicted octanol–water partition coefficient (Wildman–Crippen LogP) is 4.17. The van der Waals surface area contributed by atoms with Crippen molar-refractivity contribution in [3.63, 3.8) is 0 Å². The average molecular weight is 527 g/mol. The van der Waals surface area contributed by atoms with E-state index in [9.17, 15) is 0 Å². The molecule has 0 fully saturated rings. The van der Waals surface area contributed by atoms with Crippen LogP contribution in [0.2, 0.25) is 0 Å². The van der Waals surface area contributed by atoms with E-state index in [1.54, 1.807) is 24.8 Å². The molecule has 0 bridgehead atoms. The summed E-state index contributed by atoms with van der Waals surface area (Å²) in [5.74, 6) is 0. The minimum atomic E-state index is 0. The summed E-state index contributed by atoms with van der Waals surface area (Å²) in [5, 5.41) is 0. The number of rotatable bonds is 4. The number of aromatic nitrogens is 8. The third-order valence-electron chi connectivity index (χ3n) is 6.08.